The highest BCUT2D eigenvalue weighted by molar-refractivity contribution is 9.10. The number of halogens is 1. The molecule has 17 heavy (non-hydrogen) atoms. The highest BCUT2D eigenvalue weighted by atomic mass is 79.9. The van der Waals surface area contributed by atoms with E-state index >= 15 is 0 Å². The quantitative estimate of drug-likeness (QED) is 0.822. The van der Waals surface area contributed by atoms with Crippen LogP contribution < -0.4 is 0 Å². The van der Waals surface area contributed by atoms with Gasteiger partial charge in [-0.1, -0.05) is 35.8 Å². The third-order valence-electron chi connectivity index (χ3n) is 3.31. The summed E-state index contributed by atoms with van der Waals surface area (Å²) in [7, 11) is 1.89. The molecule has 3 heteroatoms. The highest BCUT2D eigenvalue weighted by Crippen LogP contribution is 2.21. The van der Waals surface area contributed by atoms with Crippen molar-refractivity contribution in [3.8, 4) is 0 Å². The Kier molecular flexibility index (Phi) is 5.19. The molecule has 0 saturated carbocycles. The lowest BCUT2D eigenvalue weighted by atomic mass is 10.1. The fourth-order valence-electron chi connectivity index (χ4n) is 2.03. The predicted molar refractivity (Wildman–Crippen MR) is 75.3 cm³/mol. The van der Waals surface area contributed by atoms with Gasteiger partial charge in [-0.3, -0.25) is 4.79 Å². The van der Waals surface area contributed by atoms with Crippen molar-refractivity contribution in [2.45, 2.75) is 39.7 Å². The van der Waals surface area contributed by atoms with E-state index in [0.717, 1.165) is 28.4 Å². The number of rotatable bonds is 4. The first-order chi connectivity index (χ1) is 8.02. The van der Waals surface area contributed by atoms with Crippen LogP contribution in [-0.2, 0) is 0 Å². The zero-order chi connectivity index (χ0) is 13.0. The van der Waals surface area contributed by atoms with Crippen molar-refractivity contribution < 1.29 is 4.79 Å². The molecule has 1 amide bonds. The molecule has 0 aliphatic heterocycles. The molecule has 0 aliphatic rings. The second-order valence-electron chi connectivity index (χ2n) is 4.30. The van der Waals surface area contributed by atoms with Gasteiger partial charge in [0.05, 0.1) is 0 Å². The third-order valence-corrected chi connectivity index (χ3v) is 4.17. The maximum Gasteiger partial charge on any atom is 0.254 e. The Hall–Kier alpha value is -0.830. The smallest absolute Gasteiger partial charge is 0.254 e. The summed E-state index contributed by atoms with van der Waals surface area (Å²) in [6.45, 7) is 6.20. The molecule has 1 aromatic carbocycles. The third kappa shape index (κ3) is 3.09. The number of carbonyl (C=O) groups excluding carboxylic acids is 1. The van der Waals surface area contributed by atoms with Crippen molar-refractivity contribution in [1.82, 2.24) is 4.90 Å². The molecular formula is C14H20BrNO. The van der Waals surface area contributed by atoms with Crippen molar-refractivity contribution in [2.24, 2.45) is 0 Å². The van der Waals surface area contributed by atoms with Crippen LogP contribution in [0.15, 0.2) is 22.7 Å². The molecule has 0 heterocycles. The Morgan fingerprint density at radius 1 is 1.35 bits per heavy atom. The first kappa shape index (κ1) is 14.2. The van der Waals surface area contributed by atoms with E-state index in [4.69, 9.17) is 0 Å². The number of amides is 1. The van der Waals surface area contributed by atoms with Crippen LogP contribution in [-0.4, -0.2) is 23.9 Å². The molecule has 0 fully saturated rings. The van der Waals surface area contributed by atoms with Crippen molar-refractivity contribution in [1.29, 1.82) is 0 Å². The number of nitrogens with zero attached hydrogens (tertiary/aromatic N) is 1. The Morgan fingerprint density at radius 2 is 1.94 bits per heavy atom. The highest BCUT2D eigenvalue weighted by Gasteiger charge is 2.20. The van der Waals surface area contributed by atoms with Gasteiger partial charge in [0, 0.05) is 23.1 Å². The van der Waals surface area contributed by atoms with E-state index < -0.39 is 0 Å². The monoisotopic (exact) mass is 297 g/mol. The number of hydrogen-bond donors (Lipinski definition) is 0. The maximum atomic E-state index is 12.4. The summed E-state index contributed by atoms with van der Waals surface area (Å²) >= 11 is 3.46. The van der Waals surface area contributed by atoms with Crippen LogP contribution in [0.5, 0.6) is 0 Å². The summed E-state index contributed by atoms with van der Waals surface area (Å²) in [5.74, 6) is 0.109. The minimum absolute atomic E-state index is 0.109. The molecular weight excluding hydrogens is 278 g/mol. The van der Waals surface area contributed by atoms with Gasteiger partial charge >= 0.3 is 0 Å². The van der Waals surface area contributed by atoms with Crippen LogP contribution in [0, 0.1) is 6.92 Å². The minimum atomic E-state index is 0.109. The van der Waals surface area contributed by atoms with Crippen LogP contribution in [0.2, 0.25) is 0 Å². The lowest BCUT2D eigenvalue weighted by Gasteiger charge is -2.27. The first-order valence-electron chi connectivity index (χ1n) is 6.05. The lowest BCUT2D eigenvalue weighted by molar-refractivity contribution is 0.0723. The van der Waals surface area contributed by atoms with E-state index in [-0.39, 0.29) is 5.91 Å². The molecule has 1 aromatic rings. The second kappa shape index (κ2) is 6.20. The van der Waals surface area contributed by atoms with E-state index in [1.807, 2.05) is 37.1 Å². The average Bonchev–Trinajstić information content (AvgIpc) is 2.33. The zero-order valence-electron chi connectivity index (χ0n) is 11.0. The van der Waals surface area contributed by atoms with E-state index in [1.165, 1.54) is 0 Å². The fourth-order valence-corrected chi connectivity index (χ4v) is 2.40. The molecule has 0 saturated heterocycles. The molecule has 0 bridgehead atoms. The largest absolute Gasteiger partial charge is 0.339 e. The van der Waals surface area contributed by atoms with Crippen molar-refractivity contribution in [3.63, 3.8) is 0 Å². The summed E-state index contributed by atoms with van der Waals surface area (Å²) in [5, 5.41) is 0. The van der Waals surface area contributed by atoms with Crippen molar-refractivity contribution >= 4 is 21.8 Å². The van der Waals surface area contributed by atoms with Crippen LogP contribution in [0.1, 0.15) is 42.6 Å². The van der Waals surface area contributed by atoms with E-state index in [0.29, 0.717) is 6.04 Å². The van der Waals surface area contributed by atoms with Gasteiger partial charge in [-0.25, -0.2) is 0 Å². The second-order valence-corrected chi connectivity index (χ2v) is 5.15. The van der Waals surface area contributed by atoms with Gasteiger partial charge in [0.25, 0.3) is 5.91 Å². The fraction of sp³-hybridized carbons (Fsp3) is 0.500. The van der Waals surface area contributed by atoms with Gasteiger partial charge in [-0.05, 0) is 37.5 Å². The summed E-state index contributed by atoms with van der Waals surface area (Å²) in [6.07, 6.45) is 1.98. The lowest BCUT2D eigenvalue weighted by Crippen LogP contribution is -2.36. The number of hydrogen-bond acceptors (Lipinski definition) is 1. The molecule has 2 nitrogen and oxygen atoms in total. The Balaban J connectivity index is 3.00. The maximum absolute atomic E-state index is 12.4. The molecule has 0 atom stereocenters. The summed E-state index contributed by atoms with van der Waals surface area (Å²) in [5.41, 5.74) is 1.80. The first-order valence-corrected chi connectivity index (χ1v) is 6.84. The van der Waals surface area contributed by atoms with Crippen molar-refractivity contribution in [3.05, 3.63) is 33.8 Å². The zero-order valence-corrected chi connectivity index (χ0v) is 12.5. The Bertz CT molecular complexity index is 399. The normalized spacial score (nSPS) is 10.7. The molecule has 0 spiro atoms. The van der Waals surface area contributed by atoms with Crippen LogP contribution in [0.3, 0.4) is 0 Å². The molecule has 0 N–H and O–H groups in total. The average molecular weight is 298 g/mol. The molecule has 1 rings (SSSR count). The SMILES string of the molecule is CCC(CC)N(C)C(=O)c1cccc(Br)c1C. The van der Waals surface area contributed by atoms with Crippen LogP contribution in [0.4, 0.5) is 0 Å². The van der Waals surface area contributed by atoms with Crippen molar-refractivity contribution in [2.75, 3.05) is 7.05 Å². The molecule has 0 aromatic heterocycles. The Morgan fingerprint density at radius 3 is 2.47 bits per heavy atom. The summed E-state index contributed by atoms with van der Waals surface area (Å²) in [6, 6.07) is 6.08. The predicted octanol–water partition coefficient (Wildman–Crippen LogP) is 4.02. The standard InChI is InChI=1S/C14H20BrNO/c1-5-11(6-2)16(4)14(17)12-8-7-9-13(15)10(12)3/h7-9,11H,5-6H2,1-4H3. The minimum Gasteiger partial charge on any atom is -0.339 e. The van der Waals surface area contributed by atoms with E-state index in [1.54, 1.807) is 0 Å². The van der Waals surface area contributed by atoms with Gasteiger partial charge in [-0.2, -0.15) is 0 Å². The number of benzene rings is 1. The summed E-state index contributed by atoms with van der Waals surface area (Å²) < 4.78 is 0.987. The summed E-state index contributed by atoms with van der Waals surface area (Å²) in [4.78, 5) is 14.2. The molecule has 0 unspecified atom stereocenters. The number of carbonyl (C=O) groups is 1. The van der Waals surface area contributed by atoms with Gasteiger partial charge in [0.1, 0.15) is 0 Å². The van der Waals surface area contributed by atoms with Gasteiger partial charge in [0.2, 0.25) is 0 Å². The molecule has 94 valence electrons. The molecule has 0 aliphatic carbocycles. The van der Waals surface area contributed by atoms with Gasteiger partial charge < -0.3 is 4.90 Å². The van der Waals surface area contributed by atoms with E-state index in [9.17, 15) is 4.79 Å². The Labute approximate surface area is 112 Å². The molecule has 0 radical (unpaired) electrons. The van der Waals surface area contributed by atoms with Crippen LogP contribution >= 0.6 is 15.9 Å². The van der Waals surface area contributed by atoms with Gasteiger partial charge in [-0.15, -0.1) is 0 Å². The van der Waals surface area contributed by atoms with Crippen LogP contribution in [0.25, 0.3) is 0 Å². The van der Waals surface area contributed by atoms with Gasteiger partial charge in [0.15, 0.2) is 0 Å². The topological polar surface area (TPSA) is 20.3 Å². The van der Waals surface area contributed by atoms with E-state index in [2.05, 4.69) is 29.8 Å².